The van der Waals surface area contributed by atoms with Crippen molar-refractivity contribution in [1.82, 2.24) is 0 Å². The van der Waals surface area contributed by atoms with E-state index in [2.05, 4.69) is 0 Å². The van der Waals surface area contributed by atoms with Crippen molar-refractivity contribution in [2.24, 2.45) is 11.8 Å². The molecular weight excluding hydrogens is 228 g/mol. The number of benzene rings is 1. The molecule has 1 aliphatic carbocycles. The molecule has 1 aromatic carbocycles. The zero-order chi connectivity index (χ0) is 13.1. The van der Waals surface area contributed by atoms with Crippen molar-refractivity contribution < 1.29 is 14.6 Å². The molecule has 0 aromatic heterocycles. The van der Waals surface area contributed by atoms with Gasteiger partial charge in [0.1, 0.15) is 11.5 Å². The first kappa shape index (κ1) is 13.1. The van der Waals surface area contributed by atoms with E-state index in [0.29, 0.717) is 0 Å². The lowest BCUT2D eigenvalue weighted by Crippen LogP contribution is -2.31. The predicted molar refractivity (Wildman–Crippen MR) is 69.5 cm³/mol. The Labute approximate surface area is 108 Å². The summed E-state index contributed by atoms with van der Waals surface area (Å²) in [5.74, 6) is 0.789. The minimum absolute atomic E-state index is 0.0802. The van der Waals surface area contributed by atoms with Crippen molar-refractivity contribution in [2.75, 3.05) is 7.11 Å². The van der Waals surface area contributed by atoms with Gasteiger partial charge in [0, 0.05) is 11.8 Å². The quantitative estimate of drug-likeness (QED) is 0.894. The third-order valence-corrected chi connectivity index (χ3v) is 3.84. The summed E-state index contributed by atoms with van der Waals surface area (Å²) in [6.07, 6.45) is 2.07. The topological polar surface area (TPSA) is 46.5 Å². The maximum Gasteiger partial charge on any atom is 0.141 e. The highest BCUT2D eigenvalue weighted by molar-refractivity contribution is 5.84. The molecule has 1 fully saturated rings. The highest BCUT2D eigenvalue weighted by Gasteiger charge is 2.33. The van der Waals surface area contributed by atoms with Crippen LogP contribution >= 0.6 is 0 Å². The van der Waals surface area contributed by atoms with Crippen LogP contribution in [0.5, 0.6) is 5.75 Å². The average molecular weight is 248 g/mol. The van der Waals surface area contributed by atoms with Gasteiger partial charge in [-0.1, -0.05) is 25.5 Å². The third kappa shape index (κ3) is 2.56. The second-order valence-electron chi connectivity index (χ2n) is 5.06. The molecular formula is C15H20O3. The molecule has 3 atom stereocenters. The van der Waals surface area contributed by atoms with E-state index < -0.39 is 6.10 Å². The lowest BCUT2D eigenvalue weighted by Gasteiger charge is -2.29. The summed E-state index contributed by atoms with van der Waals surface area (Å²) in [5.41, 5.74) is 0.795. The van der Waals surface area contributed by atoms with Gasteiger partial charge in [0.15, 0.2) is 0 Å². The third-order valence-electron chi connectivity index (χ3n) is 3.84. The molecule has 0 saturated heterocycles. The van der Waals surface area contributed by atoms with Crippen molar-refractivity contribution in [3.63, 3.8) is 0 Å². The van der Waals surface area contributed by atoms with Gasteiger partial charge in [-0.25, -0.2) is 0 Å². The number of aliphatic hydroxyl groups is 1. The predicted octanol–water partition coefficient (Wildman–Crippen LogP) is 2.73. The number of carbonyl (C=O) groups is 1. The maximum absolute atomic E-state index is 12.1. The van der Waals surface area contributed by atoms with E-state index >= 15 is 0 Å². The van der Waals surface area contributed by atoms with Crippen LogP contribution in [0, 0.1) is 11.8 Å². The van der Waals surface area contributed by atoms with Crippen molar-refractivity contribution in [1.29, 1.82) is 0 Å². The SMILES string of the molecule is COc1ccc([C@H](O)[C@@H]2CCCC(C)C2=O)cc1. The number of Topliss-reactive ketones (excluding diaryl/α,β-unsaturated/α-hetero) is 1. The summed E-state index contributed by atoms with van der Waals surface area (Å²) < 4.78 is 5.08. The molecule has 1 unspecified atom stereocenters. The van der Waals surface area contributed by atoms with Crippen LogP contribution in [0.25, 0.3) is 0 Å². The van der Waals surface area contributed by atoms with Crippen LogP contribution in [0.4, 0.5) is 0 Å². The van der Waals surface area contributed by atoms with Crippen molar-refractivity contribution in [2.45, 2.75) is 32.3 Å². The Morgan fingerprint density at radius 1 is 1.28 bits per heavy atom. The number of rotatable bonds is 3. The fraction of sp³-hybridized carbons (Fsp3) is 0.533. The Morgan fingerprint density at radius 3 is 2.56 bits per heavy atom. The Balaban J connectivity index is 2.14. The molecule has 3 heteroatoms. The molecule has 1 aliphatic rings. The van der Waals surface area contributed by atoms with Crippen LogP contribution in [-0.4, -0.2) is 18.0 Å². The summed E-state index contributed by atoms with van der Waals surface area (Å²) >= 11 is 0. The van der Waals surface area contributed by atoms with Gasteiger partial charge in [-0.2, -0.15) is 0 Å². The molecule has 2 rings (SSSR count). The number of carbonyl (C=O) groups excluding carboxylic acids is 1. The monoisotopic (exact) mass is 248 g/mol. The minimum atomic E-state index is -0.689. The first-order valence-corrected chi connectivity index (χ1v) is 6.49. The Hall–Kier alpha value is -1.35. The van der Waals surface area contributed by atoms with Gasteiger partial charge in [0.2, 0.25) is 0 Å². The van der Waals surface area contributed by atoms with Gasteiger partial charge in [-0.15, -0.1) is 0 Å². The Morgan fingerprint density at radius 2 is 1.94 bits per heavy atom. The normalized spacial score (nSPS) is 25.8. The zero-order valence-corrected chi connectivity index (χ0v) is 10.9. The maximum atomic E-state index is 12.1. The molecule has 3 nitrogen and oxygen atoms in total. The lowest BCUT2D eigenvalue weighted by molar-refractivity contribution is -0.132. The highest BCUT2D eigenvalue weighted by atomic mass is 16.5. The molecule has 0 spiro atoms. The lowest BCUT2D eigenvalue weighted by atomic mass is 9.77. The fourth-order valence-electron chi connectivity index (χ4n) is 2.64. The minimum Gasteiger partial charge on any atom is -0.497 e. The summed E-state index contributed by atoms with van der Waals surface area (Å²) in [6, 6.07) is 7.29. The van der Waals surface area contributed by atoms with Crippen LogP contribution in [-0.2, 0) is 4.79 Å². The molecule has 18 heavy (non-hydrogen) atoms. The van der Waals surface area contributed by atoms with E-state index in [-0.39, 0.29) is 17.6 Å². The second-order valence-corrected chi connectivity index (χ2v) is 5.06. The molecule has 98 valence electrons. The van der Waals surface area contributed by atoms with Gasteiger partial charge in [0.05, 0.1) is 13.2 Å². The molecule has 1 N–H and O–H groups in total. The molecule has 1 saturated carbocycles. The summed E-state index contributed by atoms with van der Waals surface area (Å²) in [5, 5.41) is 10.3. The van der Waals surface area contributed by atoms with Crippen LogP contribution in [0.2, 0.25) is 0 Å². The van der Waals surface area contributed by atoms with Crippen molar-refractivity contribution >= 4 is 5.78 Å². The van der Waals surface area contributed by atoms with Crippen molar-refractivity contribution in [3.8, 4) is 5.75 Å². The van der Waals surface area contributed by atoms with Gasteiger partial charge in [-0.05, 0) is 30.5 Å². The summed E-state index contributed by atoms with van der Waals surface area (Å²) in [4.78, 5) is 12.1. The van der Waals surface area contributed by atoms with Crippen LogP contribution in [0.1, 0.15) is 37.9 Å². The number of hydrogen-bond acceptors (Lipinski definition) is 3. The van der Waals surface area contributed by atoms with Gasteiger partial charge in [0.25, 0.3) is 0 Å². The number of ketones is 1. The fourth-order valence-corrected chi connectivity index (χ4v) is 2.64. The van der Waals surface area contributed by atoms with Crippen LogP contribution < -0.4 is 4.74 Å². The van der Waals surface area contributed by atoms with Crippen LogP contribution in [0.15, 0.2) is 24.3 Å². The van der Waals surface area contributed by atoms with Crippen LogP contribution in [0.3, 0.4) is 0 Å². The van der Waals surface area contributed by atoms with E-state index in [0.717, 1.165) is 30.6 Å². The number of ether oxygens (including phenoxy) is 1. The van der Waals surface area contributed by atoms with Gasteiger partial charge < -0.3 is 9.84 Å². The van der Waals surface area contributed by atoms with E-state index in [9.17, 15) is 9.90 Å². The number of methoxy groups -OCH3 is 1. The van der Waals surface area contributed by atoms with E-state index in [1.54, 1.807) is 7.11 Å². The Kier molecular flexibility index (Phi) is 4.02. The first-order valence-electron chi connectivity index (χ1n) is 6.49. The average Bonchev–Trinajstić information content (AvgIpc) is 2.41. The molecule has 0 radical (unpaired) electrons. The van der Waals surface area contributed by atoms with Gasteiger partial charge >= 0.3 is 0 Å². The number of aliphatic hydroxyl groups excluding tert-OH is 1. The standard InChI is InChI=1S/C15H20O3/c1-10-4-3-5-13(14(10)16)15(17)11-6-8-12(18-2)9-7-11/h6-10,13,15,17H,3-5H2,1-2H3/t10?,13-,15+/m1/s1. The Bertz CT molecular complexity index is 410. The van der Waals surface area contributed by atoms with E-state index in [1.165, 1.54) is 0 Å². The molecule has 0 amide bonds. The second kappa shape index (κ2) is 5.53. The molecule has 1 aromatic rings. The first-order chi connectivity index (χ1) is 8.63. The van der Waals surface area contributed by atoms with E-state index in [4.69, 9.17) is 4.74 Å². The summed E-state index contributed by atoms with van der Waals surface area (Å²) in [7, 11) is 1.61. The van der Waals surface area contributed by atoms with E-state index in [1.807, 2.05) is 31.2 Å². The number of hydrogen-bond donors (Lipinski definition) is 1. The van der Waals surface area contributed by atoms with Crippen molar-refractivity contribution in [3.05, 3.63) is 29.8 Å². The molecule has 0 aliphatic heterocycles. The zero-order valence-electron chi connectivity index (χ0n) is 10.9. The molecule has 0 heterocycles. The largest absolute Gasteiger partial charge is 0.497 e. The molecule has 0 bridgehead atoms. The van der Waals surface area contributed by atoms with Gasteiger partial charge in [-0.3, -0.25) is 4.79 Å². The summed E-state index contributed by atoms with van der Waals surface area (Å²) in [6.45, 7) is 1.95. The highest BCUT2D eigenvalue weighted by Crippen LogP contribution is 2.34. The smallest absolute Gasteiger partial charge is 0.141 e.